The van der Waals surface area contributed by atoms with Gasteiger partial charge in [-0.1, -0.05) is 335 Å². The Bertz CT molecular complexity index is 2750. The first kappa shape index (κ1) is 79.2. The summed E-state index contributed by atoms with van der Waals surface area (Å²) in [5.41, 5.74) is 15.1. The summed E-state index contributed by atoms with van der Waals surface area (Å²) in [6, 6.07) is 68.3. The third-order valence-corrected chi connectivity index (χ3v) is 14.4. The fraction of sp³-hybridized carbons (Fsp3) is 0.429. The third kappa shape index (κ3) is 33.0. The second kappa shape index (κ2) is 35.4. The van der Waals surface area contributed by atoms with Crippen molar-refractivity contribution >= 4 is 0 Å². The summed E-state index contributed by atoms with van der Waals surface area (Å²) in [5, 5.41) is 0. The van der Waals surface area contributed by atoms with Gasteiger partial charge in [-0.3, -0.25) is 0 Å². The van der Waals surface area contributed by atoms with Crippen LogP contribution in [0, 0.1) is 25.5 Å². The van der Waals surface area contributed by atoms with E-state index in [0.29, 0.717) is 10.8 Å². The molecule has 0 aliphatic heterocycles. The molecule has 0 aromatic heterocycles. The van der Waals surface area contributed by atoms with Crippen molar-refractivity contribution in [2.24, 2.45) is 0 Å². The van der Waals surface area contributed by atoms with Crippen LogP contribution in [-0.4, -0.2) is 14.2 Å². The molecule has 480 valence electrons. The molecule has 0 N–H and O–H groups in total. The molecule has 2 nitrogen and oxygen atoms in total. The van der Waals surface area contributed by atoms with E-state index in [-0.39, 0.29) is 44.1 Å². The summed E-state index contributed by atoms with van der Waals surface area (Å²) in [6.07, 6.45) is 0. The zero-order valence-corrected chi connectivity index (χ0v) is 60.2. The number of ether oxygens (including phenoxy) is 2. The Kier molecular flexibility index (Phi) is 31.9. The Morgan fingerprint density at radius 2 is 0.352 bits per heavy atom. The van der Waals surface area contributed by atoms with Gasteiger partial charge in [0.05, 0.1) is 14.2 Å². The molecule has 0 amide bonds. The van der Waals surface area contributed by atoms with Crippen LogP contribution in [0.2, 0.25) is 0 Å². The van der Waals surface area contributed by atoms with E-state index in [1.807, 2.05) is 48.5 Å². The quantitative estimate of drug-likeness (QED) is 0.172. The second-order valence-corrected chi connectivity index (χ2v) is 30.9. The minimum atomic E-state index is -0.169. The average molecular weight is 1200 g/mol. The van der Waals surface area contributed by atoms with E-state index in [0.717, 1.165) is 11.5 Å². The SMILES string of the molecule is CC(C)(C)c1ccc(F)cc1.CC(C)(C)c1ccc(F)cc1.CC(C)(C)c1ccccc1.CC(C)(C)c1ccccc1.COc1ccc(C(C)(C)C)cc1.COc1ccc(C(C)(C)C)cc1.Cc1ccc(C(C)(C)C)cc1.Cc1ccc(C(C)(C)C)cc1. The number of benzene rings is 8. The second-order valence-electron chi connectivity index (χ2n) is 30.9. The zero-order chi connectivity index (χ0) is 67.5. The van der Waals surface area contributed by atoms with Crippen LogP contribution < -0.4 is 9.47 Å². The Hall–Kier alpha value is -6.78. The molecule has 0 aliphatic rings. The molecule has 0 radical (unpaired) electrons. The highest BCUT2D eigenvalue weighted by molar-refractivity contribution is 5.33. The number of hydrogen-bond donors (Lipinski definition) is 0. The van der Waals surface area contributed by atoms with Gasteiger partial charge >= 0.3 is 0 Å². The van der Waals surface area contributed by atoms with Crippen molar-refractivity contribution in [1.82, 2.24) is 0 Å². The first-order chi connectivity index (χ1) is 40.3. The molecule has 8 rings (SSSR count). The number of aryl methyl sites for hydroxylation is 2. The van der Waals surface area contributed by atoms with Crippen LogP contribution in [0.1, 0.15) is 222 Å². The summed E-state index contributed by atoms with van der Waals surface area (Å²) >= 11 is 0. The van der Waals surface area contributed by atoms with E-state index in [1.165, 1.54) is 79.9 Å². The molecular formula is C84H118F2O2. The van der Waals surface area contributed by atoms with Gasteiger partial charge < -0.3 is 9.47 Å². The predicted octanol–water partition coefficient (Wildman–Crippen LogP) is 24.8. The maximum Gasteiger partial charge on any atom is 0.123 e. The van der Waals surface area contributed by atoms with Crippen LogP contribution in [-0.2, 0) is 43.3 Å². The summed E-state index contributed by atoms with van der Waals surface area (Å²) in [7, 11) is 3.37. The number of methoxy groups -OCH3 is 2. The van der Waals surface area contributed by atoms with Crippen molar-refractivity contribution in [2.45, 2.75) is 223 Å². The van der Waals surface area contributed by atoms with Gasteiger partial charge in [0, 0.05) is 0 Å². The molecule has 4 heteroatoms. The van der Waals surface area contributed by atoms with E-state index in [2.05, 4.69) is 313 Å². The van der Waals surface area contributed by atoms with Crippen LogP contribution in [0.15, 0.2) is 206 Å². The molecule has 0 spiro atoms. The molecule has 0 atom stereocenters. The molecule has 8 aromatic carbocycles. The van der Waals surface area contributed by atoms with Gasteiger partial charge in [0.15, 0.2) is 0 Å². The first-order valence-corrected chi connectivity index (χ1v) is 31.4. The largest absolute Gasteiger partial charge is 0.497 e. The summed E-state index contributed by atoms with van der Waals surface area (Å²) in [6.45, 7) is 56.9. The normalized spacial score (nSPS) is 11.5. The average Bonchev–Trinajstić information content (AvgIpc) is 3.47. The van der Waals surface area contributed by atoms with Crippen LogP contribution in [0.3, 0.4) is 0 Å². The lowest BCUT2D eigenvalue weighted by atomic mass is 9.87. The highest BCUT2D eigenvalue weighted by Gasteiger charge is 2.17. The van der Waals surface area contributed by atoms with Crippen molar-refractivity contribution in [3.63, 3.8) is 0 Å². The summed E-state index contributed by atoms with van der Waals surface area (Å²) in [4.78, 5) is 0. The fourth-order valence-electron chi connectivity index (χ4n) is 8.07. The van der Waals surface area contributed by atoms with Gasteiger partial charge in [0.2, 0.25) is 0 Å². The van der Waals surface area contributed by atoms with Gasteiger partial charge in [-0.15, -0.1) is 0 Å². The van der Waals surface area contributed by atoms with Crippen LogP contribution in [0.25, 0.3) is 0 Å². The minimum absolute atomic E-state index is 0.119. The maximum atomic E-state index is 12.5. The lowest BCUT2D eigenvalue weighted by molar-refractivity contribution is 0.414. The van der Waals surface area contributed by atoms with Crippen LogP contribution >= 0.6 is 0 Å². The Morgan fingerprint density at radius 3 is 0.500 bits per heavy atom. The van der Waals surface area contributed by atoms with E-state index < -0.39 is 0 Å². The van der Waals surface area contributed by atoms with Gasteiger partial charge in [0.1, 0.15) is 23.1 Å². The number of hydrogen-bond acceptors (Lipinski definition) is 2. The molecule has 0 saturated heterocycles. The van der Waals surface area contributed by atoms with Crippen molar-refractivity contribution in [1.29, 1.82) is 0 Å². The van der Waals surface area contributed by atoms with Crippen molar-refractivity contribution in [3.8, 4) is 11.5 Å². The molecule has 0 heterocycles. The Labute approximate surface area is 538 Å². The standard InChI is InChI=1S/2C11H16O.2C11H16.2C10H13F.2C10H14/c2*1-11(2,3)9-5-7-10(12-4)8-6-9;2*1-9-5-7-10(8-6-9)11(2,3)4;2*1-10(2,3)8-4-6-9(11)7-5-8;2*1-10(2,3)9-7-5-4-6-8-9/h2*5-8H,1-4H3;2*5-8H,1-4H3;2*4-7H,1-3H3;2*4-8H,1-3H3. The monoisotopic (exact) mass is 1200 g/mol. The Balaban J connectivity index is 0.000000503. The van der Waals surface area contributed by atoms with E-state index in [1.54, 1.807) is 14.2 Å². The lowest BCUT2D eigenvalue weighted by Gasteiger charge is -2.18. The first-order valence-electron chi connectivity index (χ1n) is 31.4. The maximum absolute atomic E-state index is 12.5. The smallest absolute Gasteiger partial charge is 0.123 e. The number of rotatable bonds is 2. The zero-order valence-electron chi connectivity index (χ0n) is 60.2. The molecule has 8 aromatic rings. The highest BCUT2D eigenvalue weighted by Crippen LogP contribution is 2.28. The van der Waals surface area contributed by atoms with Crippen molar-refractivity contribution < 1.29 is 18.3 Å². The van der Waals surface area contributed by atoms with Crippen LogP contribution in [0.4, 0.5) is 8.78 Å². The fourth-order valence-corrected chi connectivity index (χ4v) is 8.07. The minimum Gasteiger partial charge on any atom is -0.497 e. The number of halogens is 2. The van der Waals surface area contributed by atoms with Crippen molar-refractivity contribution in [3.05, 3.63) is 274 Å². The molecular weight excluding hydrogens is 1080 g/mol. The van der Waals surface area contributed by atoms with E-state index in [9.17, 15) is 8.78 Å². The highest BCUT2D eigenvalue weighted by atomic mass is 19.1. The van der Waals surface area contributed by atoms with E-state index >= 15 is 0 Å². The molecule has 0 bridgehead atoms. The summed E-state index contributed by atoms with van der Waals surface area (Å²) < 4.78 is 35.1. The van der Waals surface area contributed by atoms with Gasteiger partial charge in [0.25, 0.3) is 0 Å². The Morgan fingerprint density at radius 1 is 0.205 bits per heavy atom. The van der Waals surface area contributed by atoms with Gasteiger partial charge in [-0.05, 0) is 150 Å². The van der Waals surface area contributed by atoms with E-state index in [4.69, 9.17) is 9.47 Å². The van der Waals surface area contributed by atoms with Crippen LogP contribution in [0.5, 0.6) is 11.5 Å². The molecule has 88 heavy (non-hydrogen) atoms. The topological polar surface area (TPSA) is 18.5 Å². The van der Waals surface area contributed by atoms with Gasteiger partial charge in [-0.25, -0.2) is 8.78 Å². The van der Waals surface area contributed by atoms with Gasteiger partial charge in [-0.2, -0.15) is 0 Å². The van der Waals surface area contributed by atoms with Crippen molar-refractivity contribution in [2.75, 3.05) is 14.2 Å². The molecule has 0 saturated carbocycles. The summed E-state index contributed by atoms with van der Waals surface area (Å²) in [5.74, 6) is 1.50. The lowest BCUT2D eigenvalue weighted by Crippen LogP contribution is -2.10. The molecule has 0 fully saturated rings. The molecule has 0 aliphatic carbocycles. The molecule has 0 unspecified atom stereocenters. The predicted molar refractivity (Wildman–Crippen MR) is 384 cm³/mol. The third-order valence-electron chi connectivity index (χ3n) is 14.4.